The van der Waals surface area contributed by atoms with Gasteiger partial charge in [0.2, 0.25) is 0 Å². The summed E-state index contributed by atoms with van der Waals surface area (Å²) < 4.78 is 6.67. The molecule has 0 saturated carbocycles. The predicted octanol–water partition coefficient (Wildman–Crippen LogP) is 4.52. The zero-order chi connectivity index (χ0) is 12.3. The van der Waals surface area contributed by atoms with E-state index in [9.17, 15) is 0 Å². The quantitative estimate of drug-likeness (QED) is 0.768. The van der Waals surface area contributed by atoms with Crippen LogP contribution in [0, 0.1) is 11.3 Å². The average molecular weight is 319 g/mol. The maximum absolute atomic E-state index is 9.11. The van der Waals surface area contributed by atoms with E-state index in [4.69, 9.17) is 21.3 Å². The van der Waals surface area contributed by atoms with Crippen molar-refractivity contribution in [3.8, 4) is 6.07 Å². The molecule has 0 unspecified atom stereocenters. The summed E-state index contributed by atoms with van der Waals surface area (Å²) in [5.74, 6) is 0. The van der Waals surface area contributed by atoms with Crippen molar-refractivity contribution in [1.82, 2.24) is 0 Å². The van der Waals surface area contributed by atoms with Gasteiger partial charge in [0.1, 0.15) is 0 Å². The predicted molar refractivity (Wildman–Crippen MR) is 71.9 cm³/mol. The molecule has 2 nitrogen and oxygen atoms in total. The molecule has 1 rings (SSSR count). The van der Waals surface area contributed by atoms with Gasteiger partial charge < -0.3 is 4.43 Å². The lowest BCUT2D eigenvalue weighted by atomic mass is 10.1. The van der Waals surface area contributed by atoms with Crippen LogP contribution in [0.3, 0.4) is 0 Å². The largest absolute Gasteiger partial charge is 0.399 e. The van der Waals surface area contributed by atoms with Crippen molar-refractivity contribution in [3.05, 3.63) is 33.3 Å². The molecule has 1 atom stereocenters. The summed E-state index contributed by atoms with van der Waals surface area (Å²) in [6.45, 7) is 6.14. The number of nitrogens with zero attached hydrogens (tertiary/aromatic N) is 1. The molecule has 0 spiro atoms. The Balaban J connectivity index is 3.01. The van der Waals surface area contributed by atoms with Crippen molar-refractivity contribution in [2.24, 2.45) is 0 Å². The molecule has 0 bridgehead atoms. The van der Waals surface area contributed by atoms with Crippen LogP contribution in [-0.4, -0.2) is 8.32 Å². The minimum absolute atomic E-state index is 0.555. The van der Waals surface area contributed by atoms with E-state index < -0.39 is 14.4 Å². The number of nitriles is 1. The van der Waals surface area contributed by atoms with Gasteiger partial charge in [-0.15, -0.1) is 0 Å². The van der Waals surface area contributed by atoms with Crippen molar-refractivity contribution in [2.45, 2.75) is 25.7 Å². The van der Waals surface area contributed by atoms with Crippen LogP contribution in [0.25, 0.3) is 0 Å². The molecule has 1 aromatic rings. The van der Waals surface area contributed by atoms with Crippen molar-refractivity contribution >= 4 is 35.8 Å². The summed E-state index contributed by atoms with van der Waals surface area (Å²) >= 11 is 9.42. The molecule has 0 aliphatic carbocycles. The van der Waals surface area contributed by atoms with Crippen LogP contribution in [0.5, 0.6) is 0 Å². The first-order chi connectivity index (χ1) is 7.33. The normalized spacial score (nSPS) is 13.2. The van der Waals surface area contributed by atoms with Crippen molar-refractivity contribution in [2.75, 3.05) is 0 Å². The molecule has 0 aliphatic heterocycles. The summed E-state index contributed by atoms with van der Waals surface area (Å²) in [5, 5.41) is 9.67. The Morgan fingerprint density at radius 3 is 2.50 bits per heavy atom. The van der Waals surface area contributed by atoms with Crippen molar-refractivity contribution in [1.29, 1.82) is 5.26 Å². The second-order valence-corrected chi connectivity index (χ2v) is 10.2. The first-order valence-corrected chi connectivity index (χ1v) is 9.44. The van der Waals surface area contributed by atoms with E-state index in [1.165, 1.54) is 0 Å². The second-order valence-electron chi connectivity index (χ2n) is 4.41. The minimum atomic E-state index is -1.75. The number of hydrogen-bond donors (Lipinski definition) is 0. The van der Waals surface area contributed by atoms with Crippen LogP contribution in [0.4, 0.5) is 0 Å². The van der Waals surface area contributed by atoms with Gasteiger partial charge in [0, 0.05) is 15.1 Å². The van der Waals surface area contributed by atoms with Gasteiger partial charge in [-0.2, -0.15) is 5.26 Å². The maximum atomic E-state index is 9.11. The van der Waals surface area contributed by atoms with Crippen molar-refractivity contribution < 1.29 is 4.43 Å². The van der Waals surface area contributed by atoms with Crippen LogP contribution in [-0.2, 0) is 4.43 Å². The monoisotopic (exact) mass is 317 g/mol. The number of halogens is 2. The molecular weight excluding hydrogens is 306 g/mol. The third-order valence-corrected chi connectivity index (χ3v) is 3.60. The smallest absolute Gasteiger partial charge is 0.186 e. The molecule has 0 aliphatic rings. The molecule has 1 aromatic carbocycles. The number of rotatable bonds is 3. The molecule has 0 N–H and O–H groups in total. The lowest BCUT2D eigenvalue weighted by Gasteiger charge is -2.22. The molecule has 5 heteroatoms. The zero-order valence-corrected chi connectivity index (χ0v) is 12.8. The van der Waals surface area contributed by atoms with Gasteiger partial charge in [0.25, 0.3) is 0 Å². The van der Waals surface area contributed by atoms with Gasteiger partial charge in [-0.3, -0.25) is 0 Å². The molecule has 0 amide bonds. The zero-order valence-electron chi connectivity index (χ0n) is 9.42. The average Bonchev–Trinajstić information content (AvgIpc) is 2.13. The fourth-order valence-corrected chi connectivity index (χ4v) is 2.89. The summed E-state index contributed by atoms with van der Waals surface area (Å²) in [5.41, 5.74) is 0.731. The lowest BCUT2D eigenvalue weighted by molar-refractivity contribution is 0.255. The van der Waals surface area contributed by atoms with E-state index >= 15 is 0 Å². The van der Waals surface area contributed by atoms with Crippen LogP contribution in [0.1, 0.15) is 11.7 Å². The van der Waals surface area contributed by atoms with Crippen LogP contribution in [0.2, 0.25) is 24.7 Å². The van der Waals surface area contributed by atoms with Gasteiger partial charge >= 0.3 is 0 Å². The van der Waals surface area contributed by atoms with Crippen LogP contribution < -0.4 is 0 Å². The standard InChI is InChI=1S/C11H13BrClNOSi/c1-16(2,3)15-11(7-14)9-5-4-8(12)6-10(9)13/h4-6,11H,1-3H3/t11-/m1/s1. The van der Waals surface area contributed by atoms with Crippen LogP contribution >= 0.6 is 27.5 Å². The maximum Gasteiger partial charge on any atom is 0.186 e. The SMILES string of the molecule is C[Si](C)(C)O[C@H](C#N)c1ccc(Br)cc1Cl. The Morgan fingerprint density at radius 1 is 1.44 bits per heavy atom. The molecule has 0 heterocycles. The summed E-state index contributed by atoms with van der Waals surface area (Å²) in [6, 6.07) is 7.60. The number of hydrogen-bond acceptors (Lipinski definition) is 2. The first kappa shape index (κ1) is 13.7. The minimum Gasteiger partial charge on any atom is -0.399 e. The Labute approximate surface area is 110 Å². The summed E-state index contributed by atoms with van der Waals surface area (Å²) in [7, 11) is -1.75. The van der Waals surface area contributed by atoms with E-state index in [0.717, 1.165) is 10.0 Å². The Kier molecular flexibility index (Phi) is 4.57. The first-order valence-electron chi connectivity index (χ1n) is 4.86. The third-order valence-electron chi connectivity index (χ3n) is 1.83. The van der Waals surface area contributed by atoms with Gasteiger partial charge in [-0.25, -0.2) is 0 Å². The van der Waals surface area contributed by atoms with E-state index in [-0.39, 0.29) is 0 Å². The van der Waals surface area contributed by atoms with Gasteiger partial charge in [0.15, 0.2) is 14.4 Å². The van der Waals surface area contributed by atoms with Gasteiger partial charge in [0.05, 0.1) is 6.07 Å². The highest BCUT2D eigenvalue weighted by molar-refractivity contribution is 9.10. The fraction of sp³-hybridized carbons (Fsp3) is 0.364. The second kappa shape index (κ2) is 5.33. The van der Waals surface area contributed by atoms with Gasteiger partial charge in [-0.1, -0.05) is 33.6 Å². The summed E-state index contributed by atoms with van der Waals surface area (Å²) in [4.78, 5) is 0. The molecule has 16 heavy (non-hydrogen) atoms. The highest BCUT2D eigenvalue weighted by atomic mass is 79.9. The van der Waals surface area contributed by atoms with E-state index in [2.05, 4.69) is 22.0 Å². The Hall–Kier alpha value is -0.343. The molecule has 0 fully saturated rings. The highest BCUT2D eigenvalue weighted by Gasteiger charge is 2.23. The lowest BCUT2D eigenvalue weighted by Crippen LogP contribution is -2.27. The molecule has 0 saturated heterocycles. The number of benzene rings is 1. The molecule has 86 valence electrons. The fourth-order valence-electron chi connectivity index (χ4n) is 1.23. The highest BCUT2D eigenvalue weighted by Crippen LogP contribution is 2.30. The van der Waals surface area contributed by atoms with E-state index in [1.807, 2.05) is 31.8 Å². The summed E-state index contributed by atoms with van der Waals surface area (Å²) in [6.07, 6.45) is -0.577. The van der Waals surface area contributed by atoms with E-state index in [0.29, 0.717) is 5.02 Å². The third kappa shape index (κ3) is 3.91. The molecule has 0 radical (unpaired) electrons. The molecular formula is C11H13BrClNOSi. The topological polar surface area (TPSA) is 33.0 Å². The van der Waals surface area contributed by atoms with E-state index in [1.54, 1.807) is 6.07 Å². The Bertz CT molecular complexity index is 425. The van der Waals surface area contributed by atoms with Crippen LogP contribution in [0.15, 0.2) is 22.7 Å². The Morgan fingerprint density at radius 2 is 2.06 bits per heavy atom. The van der Waals surface area contributed by atoms with Gasteiger partial charge in [-0.05, 0) is 31.8 Å². The van der Waals surface area contributed by atoms with Crippen molar-refractivity contribution in [3.63, 3.8) is 0 Å². The molecule has 0 aromatic heterocycles.